The van der Waals surface area contributed by atoms with Crippen LogP contribution >= 0.6 is 0 Å². The van der Waals surface area contributed by atoms with E-state index < -0.39 is 5.97 Å². The summed E-state index contributed by atoms with van der Waals surface area (Å²) in [4.78, 5) is 36.4. The molecule has 1 aliphatic rings. The van der Waals surface area contributed by atoms with Gasteiger partial charge in [-0.25, -0.2) is 0 Å². The predicted molar refractivity (Wildman–Crippen MR) is 108 cm³/mol. The summed E-state index contributed by atoms with van der Waals surface area (Å²) >= 11 is 0. The molecule has 0 unspecified atom stereocenters. The van der Waals surface area contributed by atoms with Crippen molar-refractivity contribution in [1.82, 2.24) is 4.90 Å². The number of fused-ring (bicyclic) bond motifs is 1. The Hall–Kier alpha value is -3.35. The summed E-state index contributed by atoms with van der Waals surface area (Å²) in [5.74, 6) is -0.537. The molecule has 29 heavy (non-hydrogen) atoms. The molecular formula is C22H24N2O5. The molecule has 0 saturated carbocycles. The number of nitrogens with zero attached hydrogens (tertiary/aromatic N) is 1. The lowest BCUT2D eigenvalue weighted by Gasteiger charge is -2.21. The zero-order valence-corrected chi connectivity index (χ0v) is 16.1. The van der Waals surface area contributed by atoms with Gasteiger partial charge in [0.15, 0.2) is 0 Å². The van der Waals surface area contributed by atoms with E-state index in [1.165, 1.54) is 4.90 Å². The average molecular weight is 396 g/mol. The third-order valence-corrected chi connectivity index (χ3v) is 4.67. The number of carboxylic acid groups (broad SMARTS) is 1. The number of hydrogen-bond donors (Lipinski definition) is 2. The second-order valence-corrected chi connectivity index (χ2v) is 6.95. The van der Waals surface area contributed by atoms with Gasteiger partial charge in [0.1, 0.15) is 12.3 Å². The topological polar surface area (TPSA) is 95.9 Å². The molecule has 0 radical (unpaired) electrons. The van der Waals surface area contributed by atoms with Gasteiger partial charge in [0.25, 0.3) is 0 Å². The van der Waals surface area contributed by atoms with Gasteiger partial charge in [-0.15, -0.1) is 0 Å². The number of anilines is 1. The molecule has 0 aromatic heterocycles. The van der Waals surface area contributed by atoms with Crippen molar-refractivity contribution in [1.29, 1.82) is 0 Å². The lowest BCUT2D eigenvalue weighted by atomic mass is 10.0. The molecule has 7 nitrogen and oxygen atoms in total. The number of ether oxygens (including phenoxy) is 1. The largest absolute Gasteiger partial charge is 0.494 e. The third-order valence-electron chi connectivity index (χ3n) is 4.67. The Morgan fingerprint density at radius 3 is 2.66 bits per heavy atom. The van der Waals surface area contributed by atoms with Gasteiger partial charge >= 0.3 is 5.97 Å². The van der Waals surface area contributed by atoms with Gasteiger partial charge in [-0.2, -0.15) is 0 Å². The van der Waals surface area contributed by atoms with Gasteiger partial charge in [0.2, 0.25) is 11.8 Å². The molecule has 0 bridgehead atoms. The molecule has 1 heterocycles. The van der Waals surface area contributed by atoms with Crippen LogP contribution in [0.2, 0.25) is 0 Å². The molecule has 0 spiro atoms. The first kappa shape index (κ1) is 20.4. The van der Waals surface area contributed by atoms with Crippen LogP contribution in [0.1, 0.15) is 30.4 Å². The first-order valence-corrected chi connectivity index (χ1v) is 9.60. The van der Waals surface area contributed by atoms with Crippen LogP contribution in [0.5, 0.6) is 5.75 Å². The van der Waals surface area contributed by atoms with E-state index in [-0.39, 0.29) is 31.3 Å². The summed E-state index contributed by atoms with van der Waals surface area (Å²) < 4.78 is 5.73. The Kier molecular flexibility index (Phi) is 6.84. The van der Waals surface area contributed by atoms with Gasteiger partial charge in [-0.05, 0) is 42.2 Å². The molecule has 0 fully saturated rings. The highest BCUT2D eigenvalue weighted by Gasteiger charge is 2.17. The lowest BCUT2D eigenvalue weighted by molar-refractivity contribution is -0.145. The van der Waals surface area contributed by atoms with E-state index in [9.17, 15) is 14.4 Å². The maximum absolute atomic E-state index is 12.5. The van der Waals surface area contributed by atoms with Crippen LogP contribution in [0.25, 0.3) is 0 Å². The monoisotopic (exact) mass is 396 g/mol. The first-order chi connectivity index (χ1) is 14.0. The average Bonchev–Trinajstić information content (AvgIpc) is 2.71. The van der Waals surface area contributed by atoms with Crippen molar-refractivity contribution in [3.63, 3.8) is 0 Å². The molecule has 2 amide bonds. The predicted octanol–water partition coefficient (Wildman–Crippen LogP) is 2.84. The van der Waals surface area contributed by atoms with Crippen molar-refractivity contribution < 1.29 is 24.2 Å². The molecule has 2 aromatic rings. The summed E-state index contributed by atoms with van der Waals surface area (Å²) in [7, 11) is 0. The molecule has 7 heteroatoms. The van der Waals surface area contributed by atoms with E-state index in [0.29, 0.717) is 31.6 Å². The summed E-state index contributed by atoms with van der Waals surface area (Å²) in [6.07, 6.45) is 1.84. The molecular weight excluding hydrogens is 372 g/mol. The van der Waals surface area contributed by atoms with Crippen molar-refractivity contribution in [2.75, 3.05) is 18.5 Å². The first-order valence-electron chi connectivity index (χ1n) is 9.60. The van der Waals surface area contributed by atoms with Gasteiger partial charge in [0, 0.05) is 25.1 Å². The quantitative estimate of drug-likeness (QED) is 0.636. The van der Waals surface area contributed by atoms with Crippen LogP contribution in [0.15, 0.2) is 48.5 Å². The molecule has 1 aliphatic heterocycles. The zero-order valence-electron chi connectivity index (χ0n) is 16.1. The smallest absolute Gasteiger partial charge is 0.323 e. The summed E-state index contributed by atoms with van der Waals surface area (Å²) in [6.45, 7) is 0.289. The molecule has 152 valence electrons. The van der Waals surface area contributed by atoms with E-state index in [1.54, 1.807) is 6.07 Å². The van der Waals surface area contributed by atoms with Gasteiger partial charge < -0.3 is 20.1 Å². The van der Waals surface area contributed by atoms with Crippen molar-refractivity contribution in [2.24, 2.45) is 0 Å². The maximum Gasteiger partial charge on any atom is 0.323 e. The van der Waals surface area contributed by atoms with Crippen molar-refractivity contribution in [3.05, 3.63) is 59.7 Å². The minimum Gasteiger partial charge on any atom is -0.494 e. The zero-order chi connectivity index (χ0) is 20.6. The summed E-state index contributed by atoms with van der Waals surface area (Å²) in [6, 6.07) is 14.8. The van der Waals surface area contributed by atoms with E-state index in [1.807, 2.05) is 42.5 Å². The number of aliphatic carboxylic acids is 1. The van der Waals surface area contributed by atoms with Crippen LogP contribution in [0.4, 0.5) is 5.69 Å². The third kappa shape index (κ3) is 6.07. The highest BCUT2D eigenvalue weighted by molar-refractivity contribution is 5.94. The number of rotatable bonds is 9. The number of hydrogen-bond acceptors (Lipinski definition) is 4. The number of aryl methyl sites for hydroxylation is 1. The van der Waals surface area contributed by atoms with Crippen molar-refractivity contribution >= 4 is 23.5 Å². The normalized spacial score (nSPS) is 12.6. The minimum atomic E-state index is -1.04. The summed E-state index contributed by atoms with van der Waals surface area (Å²) in [5.41, 5.74) is 2.74. The fraction of sp³-hybridized carbons (Fsp3) is 0.318. The molecule has 0 saturated heterocycles. The van der Waals surface area contributed by atoms with Crippen molar-refractivity contribution in [2.45, 2.75) is 32.2 Å². The Labute approximate surface area is 169 Å². The highest BCUT2D eigenvalue weighted by atomic mass is 16.5. The number of carbonyl (C=O) groups is 3. The van der Waals surface area contributed by atoms with Gasteiger partial charge in [-0.1, -0.05) is 30.3 Å². The number of carbonyl (C=O) groups excluding carboxylic acids is 2. The Bertz CT molecular complexity index is 882. The van der Waals surface area contributed by atoms with Crippen LogP contribution in [-0.2, 0) is 27.3 Å². The Morgan fingerprint density at radius 2 is 1.90 bits per heavy atom. The van der Waals surface area contributed by atoms with E-state index in [4.69, 9.17) is 9.84 Å². The number of carboxylic acids is 1. The highest BCUT2D eigenvalue weighted by Crippen LogP contribution is 2.26. The molecule has 0 aliphatic carbocycles. The SMILES string of the molecule is O=C(O)CN(Cc1ccccc1)C(=O)CCCOc1ccc2c(c1)CCC(=O)N2. The molecule has 0 atom stereocenters. The van der Waals surface area contributed by atoms with Gasteiger partial charge in [0.05, 0.1) is 6.61 Å². The molecule has 2 aromatic carbocycles. The Morgan fingerprint density at radius 1 is 1.10 bits per heavy atom. The van der Waals surface area contributed by atoms with Crippen LogP contribution in [0.3, 0.4) is 0 Å². The fourth-order valence-corrected chi connectivity index (χ4v) is 3.22. The second-order valence-electron chi connectivity index (χ2n) is 6.95. The maximum atomic E-state index is 12.5. The fourth-order valence-electron chi connectivity index (χ4n) is 3.22. The molecule has 3 rings (SSSR count). The minimum absolute atomic E-state index is 0.0195. The van der Waals surface area contributed by atoms with Gasteiger partial charge in [-0.3, -0.25) is 14.4 Å². The van der Waals surface area contributed by atoms with Crippen LogP contribution in [0, 0.1) is 0 Å². The Balaban J connectivity index is 1.48. The standard InChI is InChI=1S/C22H24N2O5/c25-20-11-8-17-13-18(9-10-19(17)23-20)29-12-4-7-21(26)24(15-22(27)28)14-16-5-2-1-3-6-16/h1-3,5-6,9-10,13H,4,7-8,11-12,14-15H2,(H,23,25)(H,27,28). The van der Waals surface area contributed by atoms with E-state index >= 15 is 0 Å². The number of benzene rings is 2. The number of nitrogens with one attached hydrogen (secondary N) is 1. The number of amides is 2. The van der Waals surface area contributed by atoms with Crippen LogP contribution in [-0.4, -0.2) is 40.9 Å². The van der Waals surface area contributed by atoms with Crippen molar-refractivity contribution in [3.8, 4) is 5.75 Å². The summed E-state index contributed by atoms with van der Waals surface area (Å²) in [5, 5.41) is 11.9. The second kappa shape index (κ2) is 9.73. The van der Waals surface area contributed by atoms with E-state index in [2.05, 4.69) is 5.32 Å². The van der Waals surface area contributed by atoms with E-state index in [0.717, 1.165) is 16.8 Å². The lowest BCUT2D eigenvalue weighted by Crippen LogP contribution is -2.35. The van der Waals surface area contributed by atoms with Crippen LogP contribution < -0.4 is 10.1 Å². The molecule has 2 N–H and O–H groups in total.